The van der Waals surface area contributed by atoms with E-state index in [1.165, 1.54) is 11.3 Å². The molecular weight excluding hydrogens is 486 g/mol. The molecule has 37 heavy (non-hydrogen) atoms. The number of nitrogens with zero attached hydrogens (tertiary/aromatic N) is 3. The molecule has 3 aromatic carbocycles. The lowest BCUT2D eigenvalue weighted by molar-refractivity contribution is 0.0376. The minimum atomic E-state index is -0.0930. The number of thiazole rings is 1. The van der Waals surface area contributed by atoms with E-state index in [4.69, 9.17) is 19.2 Å². The van der Waals surface area contributed by atoms with Gasteiger partial charge in [0.05, 0.1) is 30.0 Å². The summed E-state index contributed by atoms with van der Waals surface area (Å²) in [6.07, 6.45) is 0.839. The van der Waals surface area contributed by atoms with Crippen molar-refractivity contribution in [2.75, 3.05) is 50.9 Å². The van der Waals surface area contributed by atoms with Gasteiger partial charge in [-0.15, -0.1) is 0 Å². The summed E-state index contributed by atoms with van der Waals surface area (Å²) in [6.45, 7) is 7.41. The lowest BCUT2D eigenvalue weighted by Crippen LogP contribution is -2.39. The summed E-state index contributed by atoms with van der Waals surface area (Å²) in [6, 6.07) is 22.8. The van der Waals surface area contributed by atoms with Crippen LogP contribution < -0.4 is 14.4 Å². The first kappa shape index (κ1) is 25.2. The molecule has 7 nitrogen and oxygen atoms in total. The van der Waals surface area contributed by atoms with Crippen molar-refractivity contribution >= 4 is 32.6 Å². The first-order valence-electron chi connectivity index (χ1n) is 12.7. The van der Waals surface area contributed by atoms with Crippen LogP contribution >= 0.6 is 11.3 Å². The number of ether oxygens (including phenoxy) is 3. The van der Waals surface area contributed by atoms with Crippen molar-refractivity contribution < 1.29 is 19.0 Å². The normalized spacial score (nSPS) is 14.0. The van der Waals surface area contributed by atoms with Gasteiger partial charge >= 0.3 is 0 Å². The van der Waals surface area contributed by atoms with Crippen LogP contribution in [0.2, 0.25) is 0 Å². The Hall–Kier alpha value is -3.46. The highest BCUT2D eigenvalue weighted by Gasteiger charge is 2.22. The van der Waals surface area contributed by atoms with E-state index < -0.39 is 0 Å². The zero-order chi connectivity index (χ0) is 25.5. The SMILES string of the molecule is CCOc1ccc2nc(N(CCCN3CCOCC3)C(=O)c3cccc(Oc4ccccc4)c3)sc2c1. The first-order chi connectivity index (χ1) is 18.2. The van der Waals surface area contributed by atoms with Gasteiger partial charge in [0, 0.05) is 31.7 Å². The molecule has 1 aliphatic heterocycles. The average Bonchev–Trinajstić information content (AvgIpc) is 3.35. The summed E-state index contributed by atoms with van der Waals surface area (Å²) >= 11 is 1.51. The zero-order valence-corrected chi connectivity index (χ0v) is 21.8. The van der Waals surface area contributed by atoms with Crippen LogP contribution in [0.15, 0.2) is 72.8 Å². The molecule has 0 unspecified atom stereocenters. The summed E-state index contributed by atoms with van der Waals surface area (Å²) in [5.74, 6) is 2.06. The monoisotopic (exact) mass is 517 g/mol. The molecule has 4 aromatic rings. The summed E-state index contributed by atoms with van der Waals surface area (Å²) in [5.41, 5.74) is 1.42. The highest BCUT2D eigenvalue weighted by atomic mass is 32.1. The van der Waals surface area contributed by atoms with E-state index >= 15 is 0 Å². The number of amides is 1. The Balaban J connectivity index is 1.39. The van der Waals surface area contributed by atoms with Crippen molar-refractivity contribution in [1.29, 1.82) is 0 Å². The van der Waals surface area contributed by atoms with E-state index in [1.54, 1.807) is 11.0 Å². The standard InChI is InChI=1S/C29H31N3O4S/c1-2-35-24-12-13-26-27(21-24)37-29(30-26)32(15-7-14-31-16-18-34-19-17-31)28(33)22-8-6-11-25(20-22)36-23-9-4-3-5-10-23/h3-6,8-13,20-21H,2,7,14-19H2,1H3. The van der Waals surface area contributed by atoms with Gasteiger partial charge in [-0.1, -0.05) is 35.6 Å². The largest absolute Gasteiger partial charge is 0.494 e. The summed E-state index contributed by atoms with van der Waals surface area (Å²) in [5, 5.41) is 0.685. The number of rotatable bonds is 10. The van der Waals surface area contributed by atoms with Crippen LogP contribution in [0.25, 0.3) is 10.2 Å². The molecule has 1 fully saturated rings. The van der Waals surface area contributed by atoms with Gasteiger partial charge < -0.3 is 14.2 Å². The Morgan fingerprint density at radius 2 is 1.81 bits per heavy atom. The van der Waals surface area contributed by atoms with Crippen molar-refractivity contribution in [3.63, 3.8) is 0 Å². The van der Waals surface area contributed by atoms with E-state index in [9.17, 15) is 4.79 Å². The molecule has 0 radical (unpaired) electrons. The quantitative estimate of drug-likeness (QED) is 0.263. The molecule has 5 rings (SSSR count). The number of hydrogen-bond donors (Lipinski definition) is 0. The molecular formula is C29H31N3O4S. The topological polar surface area (TPSA) is 64.1 Å². The van der Waals surface area contributed by atoms with Gasteiger partial charge in [-0.3, -0.25) is 14.6 Å². The summed E-state index contributed by atoms with van der Waals surface area (Å²) in [7, 11) is 0. The van der Waals surface area contributed by atoms with Crippen LogP contribution in [-0.4, -0.2) is 61.8 Å². The molecule has 0 N–H and O–H groups in total. The smallest absolute Gasteiger partial charge is 0.260 e. The number of hydrogen-bond acceptors (Lipinski definition) is 7. The molecule has 0 spiro atoms. The fourth-order valence-corrected chi connectivity index (χ4v) is 5.32. The Morgan fingerprint density at radius 3 is 2.62 bits per heavy atom. The van der Waals surface area contributed by atoms with Gasteiger partial charge in [0.2, 0.25) is 0 Å². The van der Waals surface area contributed by atoms with Crippen LogP contribution in [-0.2, 0) is 4.74 Å². The summed E-state index contributed by atoms with van der Waals surface area (Å²) in [4.78, 5) is 22.9. The van der Waals surface area contributed by atoms with Crippen LogP contribution in [0.3, 0.4) is 0 Å². The fourth-order valence-electron chi connectivity index (χ4n) is 4.30. The summed E-state index contributed by atoms with van der Waals surface area (Å²) < 4.78 is 18.1. The second kappa shape index (κ2) is 12.2. The van der Waals surface area contributed by atoms with Gasteiger partial charge in [-0.2, -0.15) is 0 Å². The van der Waals surface area contributed by atoms with Crippen molar-refractivity contribution in [1.82, 2.24) is 9.88 Å². The van der Waals surface area contributed by atoms with E-state index in [0.717, 1.165) is 61.0 Å². The maximum Gasteiger partial charge on any atom is 0.260 e. The lowest BCUT2D eigenvalue weighted by atomic mass is 10.2. The molecule has 1 amide bonds. The van der Waals surface area contributed by atoms with Crippen LogP contribution in [0.5, 0.6) is 17.2 Å². The fraction of sp³-hybridized carbons (Fsp3) is 0.310. The average molecular weight is 518 g/mol. The number of fused-ring (bicyclic) bond motifs is 1. The minimum absolute atomic E-state index is 0.0930. The Morgan fingerprint density at radius 1 is 1.00 bits per heavy atom. The third-order valence-electron chi connectivity index (χ3n) is 6.16. The molecule has 1 aliphatic rings. The van der Waals surface area contributed by atoms with Crippen LogP contribution in [0.4, 0.5) is 5.13 Å². The number of morpholine rings is 1. The van der Waals surface area contributed by atoms with Crippen LogP contribution in [0.1, 0.15) is 23.7 Å². The molecule has 1 saturated heterocycles. The van der Waals surface area contributed by atoms with E-state index in [2.05, 4.69) is 4.90 Å². The number of anilines is 1. The number of para-hydroxylation sites is 1. The van der Waals surface area contributed by atoms with Crippen molar-refractivity contribution in [3.8, 4) is 17.2 Å². The predicted molar refractivity (Wildman–Crippen MR) is 147 cm³/mol. The molecule has 0 bridgehead atoms. The maximum absolute atomic E-state index is 13.9. The second-order valence-electron chi connectivity index (χ2n) is 8.77. The van der Waals surface area contributed by atoms with E-state index in [-0.39, 0.29) is 5.91 Å². The maximum atomic E-state index is 13.9. The third kappa shape index (κ3) is 6.46. The molecule has 0 saturated carbocycles. The molecule has 0 atom stereocenters. The Bertz CT molecular complexity index is 1320. The van der Waals surface area contributed by atoms with Crippen molar-refractivity contribution in [3.05, 3.63) is 78.4 Å². The Kier molecular flexibility index (Phi) is 8.30. The van der Waals surface area contributed by atoms with Gasteiger partial charge in [-0.25, -0.2) is 4.98 Å². The Labute approximate surface area is 221 Å². The number of benzene rings is 3. The van der Waals surface area contributed by atoms with E-state index in [0.29, 0.717) is 29.6 Å². The van der Waals surface area contributed by atoms with Gasteiger partial charge in [-0.05, 0) is 61.9 Å². The second-order valence-corrected chi connectivity index (χ2v) is 9.78. The molecule has 1 aromatic heterocycles. The third-order valence-corrected chi connectivity index (χ3v) is 7.20. The predicted octanol–water partition coefficient (Wildman–Crippen LogP) is 5.86. The highest BCUT2D eigenvalue weighted by molar-refractivity contribution is 7.22. The number of aromatic nitrogens is 1. The van der Waals surface area contributed by atoms with Gasteiger partial charge in [0.15, 0.2) is 5.13 Å². The molecule has 2 heterocycles. The lowest BCUT2D eigenvalue weighted by Gasteiger charge is -2.27. The van der Waals surface area contributed by atoms with Crippen molar-refractivity contribution in [2.24, 2.45) is 0 Å². The molecule has 8 heteroatoms. The van der Waals surface area contributed by atoms with Crippen molar-refractivity contribution in [2.45, 2.75) is 13.3 Å². The first-order valence-corrected chi connectivity index (χ1v) is 13.5. The number of carbonyl (C=O) groups is 1. The van der Waals surface area contributed by atoms with Gasteiger partial charge in [0.25, 0.3) is 5.91 Å². The molecule has 192 valence electrons. The molecule has 0 aliphatic carbocycles. The van der Waals surface area contributed by atoms with Crippen LogP contribution in [0, 0.1) is 0 Å². The van der Waals surface area contributed by atoms with Gasteiger partial charge in [0.1, 0.15) is 17.2 Å². The number of carbonyl (C=O) groups excluding carboxylic acids is 1. The van der Waals surface area contributed by atoms with E-state index in [1.807, 2.05) is 73.7 Å². The minimum Gasteiger partial charge on any atom is -0.494 e. The zero-order valence-electron chi connectivity index (χ0n) is 21.0. The highest BCUT2D eigenvalue weighted by Crippen LogP contribution is 2.33.